The lowest BCUT2D eigenvalue weighted by atomic mass is 10.1. The molecule has 0 radical (unpaired) electrons. The number of carbonyl (C=O) groups excluding carboxylic acids is 2. The maximum absolute atomic E-state index is 14.1. The molecule has 3 aromatic rings. The average Bonchev–Trinajstić information content (AvgIpc) is 3.12. The summed E-state index contributed by atoms with van der Waals surface area (Å²) in [6.45, 7) is 1.68. The third-order valence-corrected chi connectivity index (χ3v) is 6.39. The molecule has 4 rings (SSSR count). The second-order valence-corrected chi connectivity index (χ2v) is 8.40. The standard InChI is InChI=1S/C23H18ClFN2O2S/c1-14-9-10-17(12-20(14)25)27-21(28)13-30-23(27)15-5-4-6-16(11-15)26-22(29)18-7-2-3-8-19(18)24/h2-12,23H,13H2,1H3,(H,26,29)/t23-/m1/s1. The highest BCUT2D eigenvalue weighted by atomic mass is 35.5. The summed E-state index contributed by atoms with van der Waals surface area (Å²) in [5.74, 6) is -0.447. The van der Waals surface area contributed by atoms with E-state index in [1.54, 1.807) is 54.3 Å². The normalized spacial score (nSPS) is 16.0. The summed E-state index contributed by atoms with van der Waals surface area (Å²) in [7, 11) is 0. The molecule has 1 atom stereocenters. The predicted octanol–water partition coefficient (Wildman–Crippen LogP) is 5.82. The van der Waals surface area contributed by atoms with E-state index in [0.717, 1.165) is 5.56 Å². The molecule has 0 saturated carbocycles. The highest BCUT2D eigenvalue weighted by molar-refractivity contribution is 8.00. The molecule has 2 amide bonds. The average molecular weight is 441 g/mol. The van der Waals surface area contributed by atoms with Crippen molar-refractivity contribution >= 4 is 46.6 Å². The number of anilines is 2. The Morgan fingerprint density at radius 3 is 2.70 bits per heavy atom. The second kappa shape index (κ2) is 8.50. The first-order valence-corrected chi connectivity index (χ1v) is 10.7. The van der Waals surface area contributed by atoms with Crippen LogP contribution in [0.15, 0.2) is 66.7 Å². The smallest absolute Gasteiger partial charge is 0.257 e. The molecule has 1 saturated heterocycles. The molecule has 1 aliphatic rings. The van der Waals surface area contributed by atoms with Crippen molar-refractivity contribution < 1.29 is 14.0 Å². The molecule has 0 aromatic heterocycles. The van der Waals surface area contributed by atoms with E-state index in [9.17, 15) is 14.0 Å². The molecule has 1 heterocycles. The number of hydrogen-bond acceptors (Lipinski definition) is 3. The maximum atomic E-state index is 14.1. The molecular weight excluding hydrogens is 423 g/mol. The minimum atomic E-state index is -0.350. The molecule has 0 aliphatic carbocycles. The Morgan fingerprint density at radius 1 is 1.13 bits per heavy atom. The number of amides is 2. The summed E-state index contributed by atoms with van der Waals surface area (Å²) < 4.78 is 14.1. The first kappa shape index (κ1) is 20.4. The van der Waals surface area contributed by atoms with Gasteiger partial charge in [-0.3, -0.25) is 14.5 Å². The van der Waals surface area contributed by atoms with Crippen LogP contribution in [0.2, 0.25) is 5.02 Å². The van der Waals surface area contributed by atoms with Gasteiger partial charge < -0.3 is 5.32 Å². The lowest BCUT2D eigenvalue weighted by molar-refractivity contribution is -0.115. The summed E-state index contributed by atoms with van der Waals surface area (Å²) in [4.78, 5) is 26.7. The van der Waals surface area contributed by atoms with Crippen molar-refractivity contribution in [3.8, 4) is 0 Å². The van der Waals surface area contributed by atoms with Gasteiger partial charge in [0.05, 0.1) is 16.3 Å². The first-order chi connectivity index (χ1) is 14.4. The van der Waals surface area contributed by atoms with E-state index in [0.29, 0.717) is 33.3 Å². The van der Waals surface area contributed by atoms with Gasteiger partial charge in [0.1, 0.15) is 11.2 Å². The van der Waals surface area contributed by atoms with Crippen molar-refractivity contribution in [2.24, 2.45) is 0 Å². The van der Waals surface area contributed by atoms with Crippen LogP contribution in [-0.2, 0) is 4.79 Å². The van der Waals surface area contributed by atoms with Gasteiger partial charge in [-0.05, 0) is 54.4 Å². The number of aryl methyl sites for hydroxylation is 1. The van der Waals surface area contributed by atoms with E-state index in [4.69, 9.17) is 11.6 Å². The van der Waals surface area contributed by atoms with Gasteiger partial charge in [-0.1, -0.05) is 41.9 Å². The van der Waals surface area contributed by atoms with Crippen molar-refractivity contribution in [1.29, 1.82) is 0 Å². The minimum Gasteiger partial charge on any atom is -0.322 e. The first-order valence-electron chi connectivity index (χ1n) is 9.29. The minimum absolute atomic E-state index is 0.0845. The summed E-state index contributed by atoms with van der Waals surface area (Å²) in [6.07, 6.45) is 0. The third-order valence-electron chi connectivity index (χ3n) is 4.85. The largest absolute Gasteiger partial charge is 0.322 e. The van der Waals surface area contributed by atoms with E-state index < -0.39 is 0 Å². The zero-order valence-electron chi connectivity index (χ0n) is 16.1. The Morgan fingerprint density at radius 2 is 1.93 bits per heavy atom. The van der Waals surface area contributed by atoms with Crippen LogP contribution in [0.5, 0.6) is 0 Å². The number of nitrogens with one attached hydrogen (secondary N) is 1. The van der Waals surface area contributed by atoms with Gasteiger partial charge in [0.25, 0.3) is 5.91 Å². The molecule has 7 heteroatoms. The summed E-state index contributed by atoms with van der Waals surface area (Å²) in [5.41, 5.74) is 2.85. The summed E-state index contributed by atoms with van der Waals surface area (Å²) >= 11 is 7.57. The summed E-state index contributed by atoms with van der Waals surface area (Å²) in [5, 5.41) is 2.91. The van der Waals surface area contributed by atoms with Crippen LogP contribution in [0.3, 0.4) is 0 Å². The number of nitrogens with zero attached hydrogens (tertiary/aromatic N) is 1. The molecule has 0 spiro atoms. The fourth-order valence-electron chi connectivity index (χ4n) is 3.30. The second-order valence-electron chi connectivity index (χ2n) is 6.92. The van der Waals surface area contributed by atoms with Crippen molar-refractivity contribution in [1.82, 2.24) is 0 Å². The molecule has 0 bridgehead atoms. The van der Waals surface area contributed by atoms with Crippen LogP contribution in [0, 0.1) is 12.7 Å². The number of carbonyl (C=O) groups is 2. The molecule has 152 valence electrons. The van der Waals surface area contributed by atoms with Crippen molar-refractivity contribution in [3.05, 3.63) is 94.3 Å². The Labute approximate surface area is 183 Å². The molecule has 30 heavy (non-hydrogen) atoms. The highest BCUT2D eigenvalue weighted by Crippen LogP contribution is 2.42. The molecule has 3 aromatic carbocycles. The number of rotatable bonds is 4. The van der Waals surface area contributed by atoms with E-state index in [1.165, 1.54) is 17.8 Å². The van der Waals surface area contributed by atoms with Crippen molar-refractivity contribution in [2.45, 2.75) is 12.3 Å². The van der Waals surface area contributed by atoms with E-state index >= 15 is 0 Å². The SMILES string of the molecule is Cc1ccc(N2C(=O)CS[C@@H]2c2cccc(NC(=O)c3ccccc3Cl)c2)cc1F. The van der Waals surface area contributed by atoms with Gasteiger partial charge in [0.2, 0.25) is 5.91 Å². The molecular formula is C23H18ClFN2O2S. The van der Waals surface area contributed by atoms with E-state index in [1.807, 2.05) is 18.2 Å². The lowest BCUT2D eigenvalue weighted by Crippen LogP contribution is -2.28. The van der Waals surface area contributed by atoms with Crippen molar-refractivity contribution in [3.63, 3.8) is 0 Å². The van der Waals surface area contributed by atoms with Crippen molar-refractivity contribution in [2.75, 3.05) is 16.0 Å². The number of hydrogen-bond donors (Lipinski definition) is 1. The molecule has 1 aliphatic heterocycles. The molecule has 1 N–H and O–H groups in total. The Bertz CT molecular complexity index is 1140. The number of benzene rings is 3. The zero-order chi connectivity index (χ0) is 21.3. The van der Waals surface area contributed by atoms with Crippen LogP contribution in [0.4, 0.5) is 15.8 Å². The quantitative estimate of drug-likeness (QED) is 0.556. The number of halogens is 2. The van der Waals surface area contributed by atoms with Crippen LogP contribution in [0.25, 0.3) is 0 Å². The van der Waals surface area contributed by atoms with Crippen LogP contribution < -0.4 is 10.2 Å². The van der Waals surface area contributed by atoms with Gasteiger partial charge in [0.15, 0.2) is 0 Å². The molecule has 1 fully saturated rings. The number of thioether (sulfide) groups is 1. The maximum Gasteiger partial charge on any atom is 0.257 e. The molecule has 4 nitrogen and oxygen atoms in total. The fraction of sp³-hybridized carbons (Fsp3) is 0.130. The third kappa shape index (κ3) is 4.06. The van der Waals surface area contributed by atoms with E-state index in [2.05, 4.69) is 5.32 Å². The lowest BCUT2D eigenvalue weighted by Gasteiger charge is -2.25. The topological polar surface area (TPSA) is 49.4 Å². The monoisotopic (exact) mass is 440 g/mol. The van der Waals surface area contributed by atoms with Gasteiger partial charge >= 0.3 is 0 Å². The Kier molecular flexibility index (Phi) is 5.79. The predicted molar refractivity (Wildman–Crippen MR) is 120 cm³/mol. The highest BCUT2D eigenvalue weighted by Gasteiger charge is 2.34. The van der Waals surface area contributed by atoms with Gasteiger partial charge in [0, 0.05) is 11.4 Å². The molecule has 0 unspecified atom stereocenters. The van der Waals surface area contributed by atoms with Gasteiger partial charge in [-0.25, -0.2) is 4.39 Å². The van der Waals surface area contributed by atoms with Crippen LogP contribution in [-0.4, -0.2) is 17.6 Å². The fourth-order valence-corrected chi connectivity index (χ4v) is 4.68. The van der Waals surface area contributed by atoms with Gasteiger partial charge in [-0.2, -0.15) is 0 Å². The van der Waals surface area contributed by atoms with Crippen LogP contribution >= 0.6 is 23.4 Å². The Balaban J connectivity index is 1.61. The van der Waals surface area contributed by atoms with Gasteiger partial charge in [-0.15, -0.1) is 11.8 Å². The summed E-state index contributed by atoms with van der Waals surface area (Å²) in [6, 6.07) is 18.9. The van der Waals surface area contributed by atoms with E-state index in [-0.39, 0.29) is 23.0 Å². The van der Waals surface area contributed by atoms with Crippen LogP contribution in [0.1, 0.15) is 26.9 Å². The Hall–Kier alpha value is -2.83. The zero-order valence-corrected chi connectivity index (χ0v) is 17.6.